The highest BCUT2D eigenvalue weighted by Crippen LogP contribution is 2.24. The van der Waals surface area contributed by atoms with Gasteiger partial charge in [0, 0.05) is 22.4 Å². The van der Waals surface area contributed by atoms with Gasteiger partial charge in [-0.15, -0.1) is 0 Å². The van der Waals surface area contributed by atoms with E-state index in [1.54, 1.807) is 26.3 Å². The fourth-order valence-electron chi connectivity index (χ4n) is 2.61. The van der Waals surface area contributed by atoms with Crippen LogP contribution < -0.4 is 4.74 Å². The third-order valence-electron chi connectivity index (χ3n) is 3.91. The van der Waals surface area contributed by atoms with Gasteiger partial charge in [0.2, 0.25) is 0 Å². The summed E-state index contributed by atoms with van der Waals surface area (Å²) >= 11 is 3.38. The lowest BCUT2D eigenvalue weighted by Crippen LogP contribution is -2.23. The number of rotatable bonds is 4. The van der Waals surface area contributed by atoms with Gasteiger partial charge in [0.05, 0.1) is 24.1 Å². The lowest BCUT2D eigenvalue weighted by molar-refractivity contribution is 0.0796. The summed E-state index contributed by atoms with van der Waals surface area (Å²) in [6.07, 6.45) is 0. The number of methoxy groups -OCH3 is 1. The predicted molar refractivity (Wildman–Crippen MR) is 103 cm³/mol. The second-order valence-electron chi connectivity index (χ2n) is 5.63. The Bertz CT molecular complexity index is 929. The quantitative estimate of drug-likeness (QED) is 0.520. The minimum absolute atomic E-state index is 0.242. The van der Waals surface area contributed by atoms with E-state index >= 15 is 0 Å². The average Bonchev–Trinajstić information content (AvgIpc) is 3.05. The fourth-order valence-corrected chi connectivity index (χ4v) is 2.98. The number of hydrogen-bond donors (Lipinski definition) is 1. The van der Waals surface area contributed by atoms with Gasteiger partial charge < -0.3 is 9.72 Å². The summed E-state index contributed by atoms with van der Waals surface area (Å²) in [5.74, 6) is 0.270. The summed E-state index contributed by atoms with van der Waals surface area (Å²) in [6, 6.07) is 15.3. The molecule has 3 rings (SSSR count). The Kier molecular flexibility index (Phi) is 4.90. The number of para-hydroxylation sites is 1. The van der Waals surface area contributed by atoms with E-state index in [9.17, 15) is 4.79 Å². The topological polar surface area (TPSA) is 57.7 Å². The first-order chi connectivity index (χ1) is 12.0. The number of carbonyl (C=O) groups excluding carboxylic acids is 1. The molecule has 0 aliphatic rings. The molecule has 3 aromatic rings. The number of hydrogen-bond acceptors (Lipinski definition) is 3. The van der Waals surface area contributed by atoms with Crippen molar-refractivity contribution in [2.45, 2.75) is 6.92 Å². The molecule has 1 heterocycles. The zero-order valence-corrected chi connectivity index (χ0v) is 15.8. The van der Waals surface area contributed by atoms with E-state index < -0.39 is 0 Å². The zero-order chi connectivity index (χ0) is 18.0. The normalized spacial score (nSPS) is 11.6. The highest BCUT2D eigenvalue weighted by Gasteiger charge is 2.17. The van der Waals surface area contributed by atoms with Gasteiger partial charge in [0.15, 0.2) is 0 Å². The molecule has 128 valence electrons. The number of benzene rings is 2. The number of carbonyl (C=O) groups is 1. The molecule has 0 saturated heterocycles. The van der Waals surface area contributed by atoms with Crippen LogP contribution >= 0.6 is 15.9 Å². The standard InChI is InChI=1S/C19H18BrN3O2/c1-12(17-10-13-6-4-5-7-16(13)21-17)22-23(2)19(24)15-11-14(20)8-9-18(15)25-3/h4-11,21H,1-3H3/b22-12+. The molecule has 1 aromatic heterocycles. The van der Waals surface area contributed by atoms with Gasteiger partial charge in [0.1, 0.15) is 5.75 Å². The predicted octanol–water partition coefficient (Wildman–Crippen LogP) is 4.44. The Morgan fingerprint density at radius 3 is 2.68 bits per heavy atom. The lowest BCUT2D eigenvalue weighted by Gasteiger charge is -2.15. The number of nitrogens with one attached hydrogen (secondary N) is 1. The Morgan fingerprint density at radius 2 is 1.96 bits per heavy atom. The third kappa shape index (κ3) is 3.58. The number of nitrogens with zero attached hydrogens (tertiary/aromatic N) is 2. The van der Waals surface area contributed by atoms with Crippen molar-refractivity contribution in [3.63, 3.8) is 0 Å². The summed E-state index contributed by atoms with van der Waals surface area (Å²) < 4.78 is 6.08. The summed E-state index contributed by atoms with van der Waals surface area (Å²) in [5.41, 5.74) is 3.09. The third-order valence-corrected chi connectivity index (χ3v) is 4.40. The number of halogens is 1. The molecule has 0 fully saturated rings. The molecular weight excluding hydrogens is 382 g/mol. The summed E-state index contributed by atoms with van der Waals surface area (Å²) in [6.45, 7) is 1.87. The van der Waals surface area contributed by atoms with Crippen molar-refractivity contribution >= 4 is 38.5 Å². The summed E-state index contributed by atoms with van der Waals surface area (Å²) in [4.78, 5) is 16.0. The van der Waals surface area contributed by atoms with Crippen molar-refractivity contribution in [2.75, 3.05) is 14.2 Å². The number of aromatic amines is 1. The van der Waals surface area contributed by atoms with Crippen LogP contribution in [0, 0.1) is 0 Å². The van der Waals surface area contributed by atoms with Crippen LogP contribution in [0.15, 0.2) is 58.1 Å². The molecule has 0 radical (unpaired) electrons. The number of aromatic nitrogens is 1. The van der Waals surface area contributed by atoms with E-state index in [1.807, 2.05) is 43.3 Å². The van der Waals surface area contributed by atoms with Gasteiger partial charge in [-0.25, -0.2) is 5.01 Å². The minimum Gasteiger partial charge on any atom is -0.496 e. The summed E-state index contributed by atoms with van der Waals surface area (Å²) in [5, 5.41) is 6.85. The number of H-pyrrole nitrogens is 1. The van der Waals surface area contributed by atoms with Crippen LogP contribution in [-0.2, 0) is 0 Å². The molecule has 6 heteroatoms. The van der Waals surface area contributed by atoms with Crippen molar-refractivity contribution in [1.29, 1.82) is 0 Å². The van der Waals surface area contributed by atoms with Crippen molar-refractivity contribution in [1.82, 2.24) is 9.99 Å². The minimum atomic E-state index is -0.242. The Morgan fingerprint density at radius 1 is 1.20 bits per heavy atom. The highest BCUT2D eigenvalue weighted by molar-refractivity contribution is 9.10. The molecular formula is C19H18BrN3O2. The molecule has 5 nitrogen and oxygen atoms in total. The largest absolute Gasteiger partial charge is 0.496 e. The Balaban J connectivity index is 1.89. The number of fused-ring (bicyclic) bond motifs is 1. The van der Waals surface area contributed by atoms with Crippen LogP contribution in [0.5, 0.6) is 5.75 Å². The van der Waals surface area contributed by atoms with Gasteiger partial charge in [-0.1, -0.05) is 34.1 Å². The van der Waals surface area contributed by atoms with E-state index in [0.717, 1.165) is 26.8 Å². The molecule has 0 bridgehead atoms. The summed E-state index contributed by atoms with van der Waals surface area (Å²) in [7, 11) is 3.17. The van der Waals surface area contributed by atoms with Crippen LogP contribution in [0.3, 0.4) is 0 Å². The fraction of sp³-hybridized carbons (Fsp3) is 0.158. The van der Waals surface area contributed by atoms with Crippen LogP contribution in [0.4, 0.5) is 0 Å². The second-order valence-corrected chi connectivity index (χ2v) is 6.54. The van der Waals surface area contributed by atoms with Gasteiger partial charge in [-0.2, -0.15) is 5.10 Å². The van der Waals surface area contributed by atoms with E-state index in [1.165, 1.54) is 5.01 Å². The van der Waals surface area contributed by atoms with Gasteiger partial charge >= 0.3 is 0 Å². The molecule has 0 spiro atoms. The van der Waals surface area contributed by atoms with E-state index in [4.69, 9.17) is 4.74 Å². The van der Waals surface area contributed by atoms with E-state index in [0.29, 0.717) is 11.3 Å². The number of amides is 1. The van der Waals surface area contributed by atoms with Crippen molar-refractivity contribution in [2.24, 2.45) is 5.10 Å². The first-order valence-electron chi connectivity index (χ1n) is 7.74. The maximum absolute atomic E-state index is 12.7. The highest BCUT2D eigenvalue weighted by atomic mass is 79.9. The van der Waals surface area contributed by atoms with E-state index in [2.05, 4.69) is 26.0 Å². The van der Waals surface area contributed by atoms with Crippen LogP contribution in [-0.4, -0.2) is 35.8 Å². The lowest BCUT2D eigenvalue weighted by atomic mass is 10.2. The zero-order valence-electron chi connectivity index (χ0n) is 14.2. The smallest absolute Gasteiger partial charge is 0.277 e. The first kappa shape index (κ1) is 17.2. The van der Waals surface area contributed by atoms with E-state index in [-0.39, 0.29) is 5.91 Å². The second kappa shape index (κ2) is 7.11. The molecule has 25 heavy (non-hydrogen) atoms. The van der Waals surface area contributed by atoms with Gasteiger partial charge in [-0.3, -0.25) is 4.79 Å². The molecule has 0 atom stereocenters. The first-order valence-corrected chi connectivity index (χ1v) is 8.54. The van der Waals surface area contributed by atoms with Crippen molar-refractivity contribution in [3.05, 3.63) is 64.3 Å². The van der Waals surface area contributed by atoms with Gasteiger partial charge in [0.25, 0.3) is 5.91 Å². The van der Waals surface area contributed by atoms with Crippen LogP contribution in [0.25, 0.3) is 10.9 Å². The maximum Gasteiger partial charge on any atom is 0.277 e. The molecule has 0 unspecified atom stereocenters. The molecule has 1 N–H and O–H groups in total. The number of hydrazone groups is 1. The van der Waals surface area contributed by atoms with Gasteiger partial charge in [-0.05, 0) is 37.3 Å². The molecule has 0 saturated carbocycles. The Labute approximate surface area is 154 Å². The Hall–Kier alpha value is -2.60. The molecule has 2 aromatic carbocycles. The van der Waals surface area contributed by atoms with Crippen LogP contribution in [0.1, 0.15) is 23.0 Å². The SMILES string of the molecule is COc1ccc(Br)cc1C(=O)N(C)/N=C(\C)c1cc2ccccc2[nH]1. The van der Waals surface area contributed by atoms with Crippen LogP contribution in [0.2, 0.25) is 0 Å². The average molecular weight is 400 g/mol. The molecule has 1 amide bonds. The van der Waals surface area contributed by atoms with Crippen molar-refractivity contribution < 1.29 is 9.53 Å². The molecule has 0 aliphatic carbocycles. The monoisotopic (exact) mass is 399 g/mol. The number of ether oxygens (including phenoxy) is 1. The molecule has 0 aliphatic heterocycles. The maximum atomic E-state index is 12.7. The van der Waals surface area contributed by atoms with Crippen molar-refractivity contribution in [3.8, 4) is 5.75 Å².